The summed E-state index contributed by atoms with van der Waals surface area (Å²) in [7, 11) is 0. The molecule has 0 heterocycles. The van der Waals surface area contributed by atoms with E-state index in [9.17, 15) is 22.8 Å². The lowest BCUT2D eigenvalue weighted by Crippen LogP contribution is -2.40. The van der Waals surface area contributed by atoms with Gasteiger partial charge in [-0.15, -0.1) is 0 Å². The molecule has 0 spiro atoms. The Labute approximate surface area is 162 Å². The second kappa shape index (κ2) is 9.92. The monoisotopic (exact) mass is 392 g/mol. The average molecular weight is 392 g/mol. The fourth-order valence-electron chi connectivity index (χ4n) is 2.80. The fraction of sp³-hybridized carbons (Fsp3) is 0.333. The number of alkyl halides is 3. The van der Waals surface area contributed by atoms with E-state index in [1.807, 2.05) is 30.3 Å². The molecule has 7 heteroatoms. The number of hydrogen-bond acceptors (Lipinski definition) is 2. The number of nitrogens with one attached hydrogen (secondary N) is 1. The van der Waals surface area contributed by atoms with Gasteiger partial charge in [0.25, 0.3) is 0 Å². The molecule has 0 aliphatic heterocycles. The highest BCUT2D eigenvalue weighted by Crippen LogP contribution is 2.21. The average Bonchev–Trinajstić information content (AvgIpc) is 2.66. The first-order chi connectivity index (χ1) is 13.3. The van der Waals surface area contributed by atoms with Gasteiger partial charge in [0.2, 0.25) is 5.91 Å². The smallest absolute Gasteiger partial charge is 0.331 e. The molecular formula is C21H23F3N2O2. The molecule has 0 atom stereocenters. The Kier molecular flexibility index (Phi) is 7.61. The molecule has 1 N–H and O–H groups in total. The van der Waals surface area contributed by atoms with Crippen LogP contribution in [0.15, 0.2) is 54.6 Å². The number of hydrogen-bond donors (Lipinski definition) is 1. The van der Waals surface area contributed by atoms with E-state index in [-0.39, 0.29) is 19.0 Å². The maximum Gasteiger partial charge on any atom is 0.471 e. The summed E-state index contributed by atoms with van der Waals surface area (Å²) in [5.41, 5.74) is 2.17. The number of benzene rings is 2. The van der Waals surface area contributed by atoms with Crippen LogP contribution in [-0.2, 0) is 22.6 Å². The standard InChI is InChI=1S/C21H23F3N2O2/c1-2-26(20(28)21(22,23)24)15-17-11-6-12-18(14-17)25-19(27)13-7-10-16-8-4-3-5-9-16/h3-6,8-9,11-12,14H,2,7,10,13,15H2,1H3,(H,25,27). The van der Waals surface area contributed by atoms with E-state index in [1.165, 1.54) is 6.92 Å². The molecule has 0 aliphatic carbocycles. The second-order valence-electron chi connectivity index (χ2n) is 6.40. The number of halogens is 3. The van der Waals surface area contributed by atoms with Crippen molar-refractivity contribution in [3.63, 3.8) is 0 Å². The van der Waals surface area contributed by atoms with Crippen molar-refractivity contribution < 1.29 is 22.8 Å². The third kappa shape index (κ3) is 6.72. The Hall–Kier alpha value is -2.83. The number of carbonyl (C=O) groups excluding carboxylic acids is 2. The number of aryl methyl sites for hydroxylation is 1. The third-order valence-electron chi connectivity index (χ3n) is 4.21. The molecule has 0 unspecified atom stereocenters. The van der Waals surface area contributed by atoms with Crippen molar-refractivity contribution in [1.82, 2.24) is 4.90 Å². The molecule has 2 rings (SSSR count). The fourth-order valence-corrected chi connectivity index (χ4v) is 2.80. The first-order valence-corrected chi connectivity index (χ1v) is 9.08. The molecule has 4 nitrogen and oxygen atoms in total. The molecule has 0 saturated heterocycles. The number of anilines is 1. The molecule has 28 heavy (non-hydrogen) atoms. The van der Waals surface area contributed by atoms with Gasteiger partial charge in [0.05, 0.1) is 0 Å². The van der Waals surface area contributed by atoms with Gasteiger partial charge in [0, 0.05) is 25.2 Å². The molecule has 0 aromatic heterocycles. The van der Waals surface area contributed by atoms with Crippen LogP contribution in [0.1, 0.15) is 30.9 Å². The van der Waals surface area contributed by atoms with Crippen LogP contribution in [-0.4, -0.2) is 29.4 Å². The van der Waals surface area contributed by atoms with E-state index in [0.717, 1.165) is 16.9 Å². The molecule has 0 radical (unpaired) electrons. The summed E-state index contributed by atoms with van der Waals surface area (Å²) in [6.07, 6.45) is -3.08. The molecule has 150 valence electrons. The topological polar surface area (TPSA) is 49.4 Å². The summed E-state index contributed by atoms with van der Waals surface area (Å²) < 4.78 is 37.9. The Morgan fingerprint density at radius 3 is 2.32 bits per heavy atom. The van der Waals surface area contributed by atoms with Crippen LogP contribution in [0.4, 0.5) is 18.9 Å². The lowest BCUT2D eigenvalue weighted by molar-refractivity contribution is -0.185. The van der Waals surface area contributed by atoms with Crippen LogP contribution in [0, 0.1) is 0 Å². The van der Waals surface area contributed by atoms with Crippen LogP contribution >= 0.6 is 0 Å². The van der Waals surface area contributed by atoms with Gasteiger partial charge in [0.15, 0.2) is 0 Å². The number of nitrogens with zero attached hydrogens (tertiary/aromatic N) is 1. The zero-order valence-electron chi connectivity index (χ0n) is 15.6. The number of amides is 2. The summed E-state index contributed by atoms with van der Waals surface area (Å²) >= 11 is 0. The summed E-state index contributed by atoms with van der Waals surface area (Å²) in [6.45, 7) is 1.25. The van der Waals surface area contributed by atoms with Crippen molar-refractivity contribution in [1.29, 1.82) is 0 Å². The predicted octanol–water partition coefficient (Wildman–Crippen LogP) is 4.56. The van der Waals surface area contributed by atoms with E-state index in [4.69, 9.17) is 0 Å². The van der Waals surface area contributed by atoms with Crippen molar-refractivity contribution in [3.8, 4) is 0 Å². The second-order valence-corrected chi connectivity index (χ2v) is 6.40. The van der Waals surface area contributed by atoms with E-state index in [1.54, 1.807) is 24.3 Å². The number of rotatable bonds is 8. The van der Waals surface area contributed by atoms with Gasteiger partial charge in [-0.2, -0.15) is 13.2 Å². The van der Waals surface area contributed by atoms with Gasteiger partial charge >= 0.3 is 12.1 Å². The molecule has 0 bridgehead atoms. The van der Waals surface area contributed by atoms with Gasteiger partial charge in [-0.3, -0.25) is 9.59 Å². The van der Waals surface area contributed by atoms with Gasteiger partial charge in [-0.1, -0.05) is 42.5 Å². The van der Waals surface area contributed by atoms with Crippen LogP contribution < -0.4 is 5.32 Å². The SMILES string of the molecule is CCN(Cc1cccc(NC(=O)CCCc2ccccc2)c1)C(=O)C(F)(F)F. The minimum absolute atomic E-state index is 0.0611. The highest BCUT2D eigenvalue weighted by molar-refractivity contribution is 5.90. The first kappa shape index (κ1) is 21.5. The Bertz CT molecular complexity index is 792. The highest BCUT2D eigenvalue weighted by Gasteiger charge is 2.41. The predicted molar refractivity (Wildman–Crippen MR) is 102 cm³/mol. The van der Waals surface area contributed by atoms with Crippen LogP contribution in [0.5, 0.6) is 0 Å². The molecule has 0 aliphatic rings. The summed E-state index contributed by atoms with van der Waals surface area (Å²) in [5, 5.41) is 2.75. The molecule has 0 fully saturated rings. The lowest BCUT2D eigenvalue weighted by atomic mass is 10.1. The Balaban J connectivity index is 1.89. The summed E-state index contributed by atoms with van der Waals surface area (Å²) in [6, 6.07) is 16.4. The van der Waals surface area contributed by atoms with Gasteiger partial charge < -0.3 is 10.2 Å². The minimum Gasteiger partial charge on any atom is -0.331 e. The largest absolute Gasteiger partial charge is 0.471 e. The molecule has 2 amide bonds. The normalized spacial score (nSPS) is 11.1. The molecule has 2 aromatic rings. The van der Waals surface area contributed by atoms with Crippen LogP contribution in [0.25, 0.3) is 0 Å². The zero-order chi connectivity index (χ0) is 20.6. The third-order valence-corrected chi connectivity index (χ3v) is 4.21. The maximum atomic E-state index is 12.6. The van der Waals surface area contributed by atoms with Gasteiger partial charge in [-0.25, -0.2) is 0 Å². The summed E-state index contributed by atoms with van der Waals surface area (Å²) in [5.74, 6) is -2.03. The van der Waals surface area contributed by atoms with Gasteiger partial charge in [-0.05, 0) is 43.0 Å². The molecular weight excluding hydrogens is 369 g/mol. The summed E-state index contributed by atoms with van der Waals surface area (Å²) in [4.78, 5) is 24.3. The van der Waals surface area contributed by atoms with Crippen LogP contribution in [0.3, 0.4) is 0 Å². The van der Waals surface area contributed by atoms with Gasteiger partial charge in [0.1, 0.15) is 0 Å². The molecule has 2 aromatic carbocycles. The number of carbonyl (C=O) groups is 2. The van der Waals surface area contributed by atoms with Crippen molar-refractivity contribution in [2.75, 3.05) is 11.9 Å². The van der Waals surface area contributed by atoms with E-state index >= 15 is 0 Å². The van der Waals surface area contributed by atoms with Crippen molar-refractivity contribution >= 4 is 17.5 Å². The van der Waals surface area contributed by atoms with E-state index < -0.39 is 12.1 Å². The molecule has 0 saturated carbocycles. The Morgan fingerprint density at radius 1 is 1.00 bits per heavy atom. The highest BCUT2D eigenvalue weighted by atomic mass is 19.4. The van der Waals surface area contributed by atoms with Crippen molar-refractivity contribution in [3.05, 3.63) is 65.7 Å². The van der Waals surface area contributed by atoms with Crippen molar-refractivity contribution in [2.24, 2.45) is 0 Å². The van der Waals surface area contributed by atoms with E-state index in [2.05, 4.69) is 5.32 Å². The maximum absolute atomic E-state index is 12.6. The lowest BCUT2D eigenvalue weighted by Gasteiger charge is -2.22. The quantitative estimate of drug-likeness (QED) is 0.716. The minimum atomic E-state index is -4.90. The van der Waals surface area contributed by atoms with E-state index in [0.29, 0.717) is 24.1 Å². The zero-order valence-corrected chi connectivity index (χ0v) is 15.6. The van der Waals surface area contributed by atoms with Crippen LogP contribution in [0.2, 0.25) is 0 Å². The Morgan fingerprint density at radius 2 is 1.68 bits per heavy atom. The first-order valence-electron chi connectivity index (χ1n) is 9.08. The van der Waals surface area contributed by atoms with Crippen molar-refractivity contribution in [2.45, 2.75) is 38.9 Å².